The summed E-state index contributed by atoms with van der Waals surface area (Å²) in [6, 6.07) is 19.0. The fourth-order valence-electron chi connectivity index (χ4n) is 5.11. The molecule has 0 spiro atoms. The van der Waals surface area contributed by atoms with Crippen molar-refractivity contribution < 1.29 is 19.1 Å². The van der Waals surface area contributed by atoms with E-state index in [2.05, 4.69) is 21.9 Å². The van der Waals surface area contributed by atoms with E-state index >= 15 is 0 Å². The molecular weight excluding hydrogens is 478 g/mol. The standard InChI is InChI=1S/C28H26ClN3O4/c29-22-6-2-1-4-20(22)18-32-27(33)21-5-3-7-23(26(21)28(32)34)31-12-10-30(11-13-31)17-19-8-9-24-25(16-19)36-15-14-35-24/h1-9,16H,10-15,17-18H2. The van der Waals surface area contributed by atoms with Crippen LogP contribution in [0, 0.1) is 0 Å². The van der Waals surface area contributed by atoms with Gasteiger partial charge in [-0.15, -0.1) is 0 Å². The van der Waals surface area contributed by atoms with Gasteiger partial charge >= 0.3 is 0 Å². The number of halogens is 1. The van der Waals surface area contributed by atoms with Crippen LogP contribution in [0.3, 0.4) is 0 Å². The lowest BCUT2D eigenvalue weighted by Crippen LogP contribution is -2.46. The molecule has 184 valence electrons. The van der Waals surface area contributed by atoms with Crippen molar-refractivity contribution in [3.8, 4) is 11.5 Å². The molecule has 0 unspecified atom stereocenters. The van der Waals surface area contributed by atoms with Crippen molar-refractivity contribution in [2.75, 3.05) is 44.3 Å². The number of carbonyl (C=O) groups is 2. The van der Waals surface area contributed by atoms with Gasteiger partial charge in [-0.2, -0.15) is 0 Å². The zero-order chi connectivity index (χ0) is 24.6. The molecule has 1 saturated heterocycles. The fourth-order valence-corrected chi connectivity index (χ4v) is 5.31. The SMILES string of the molecule is O=C1c2cccc(N3CCN(Cc4ccc5c(c4)OCCO5)CC3)c2C(=O)N1Cc1ccccc1Cl. The number of nitrogens with zero attached hydrogens (tertiary/aromatic N) is 3. The van der Waals surface area contributed by atoms with E-state index in [1.165, 1.54) is 10.5 Å². The van der Waals surface area contributed by atoms with Crippen molar-refractivity contribution in [3.63, 3.8) is 0 Å². The zero-order valence-electron chi connectivity index (χ0n) is 19.8. The summed E-state index contributed by atoms with van der Waals surface area (Å²) in [4.78, 5) is 32.4. The van der Waals surface area contributed by atoms with E-state index < -0.39 is 0 Å². The summed E-state index contributed by atoms with van der Waals surface area (Å²) >= 11 is 6.29. The number of hydrogen-bond donors (Lipinski definition) is 0. The van der Waals surface area contributed by atoms with Crippen molar-refractivity contribution in [2.24, 2.45) is 0 Å². The van der Waals surface area contributed by atoms with Crippen LogP contribution in [0.2, 0.25) is 5.02 Å². The molecule has 36 heavy (non-hydrogen) atoms. The Morgan fingerprint density at radius 1 is 0.778 bits per heavy atom. The summed E-state index contributed by atoms with van der Waals surface area (Å²) in [7, 11) is 0. The van der Waals surface area contributed by atoms with E-state index in [4.69, 9.17) is 21.1 Å². The lowest BCUT2D eigenvalue weighted by atomic mass is 10.1. The predicted molar refractivity (Wildman–Crippen MR) is 137 cm³/mol. The Morgan fingerprint density at radius 2 is 1.56 bits per heavy atom. The minimum atomic E-state index is -0.269. The van der Waals surface area contributed by atoms with Gasteiger partial charge in [0.25, 0.3) is 11.8 Å². The number of amides is 2. The molecule has 0 saturated carbocycles. The van der Waals surface area contributed by atoms with Crippen LogP contribution in [0.4, 0.5) is 5.69 Å². The largest absolute Gasteiger partial charge is 0.486 e. The first-order valence-electron chi connectivity index (χ1n) is 12.2. The van der Waals surface area contributed by atoms with Gasteiger partial charge in [0.1, 0.15) is 13.2 Å². The molecule has 3 heterocycles. The number of piperazine rings is 1. The number of rotatable bonds is 5. The number of anilines is 1. The second kappa shape index (κ2) is 9.48. The smallest absolute Gasteiger partial charge is 0.263 e. The van der Waals surface area contributed by atoms with Crippen molar-refractivity contribution >= 4 is 29.1 Å². The quantitative estimate of drug-likeness (QED) is 0.486. The van der Waals surface area contributed by atoms with Gasteiger partial charge in [0.2, 0.25) is 0 Å². The Kier molecular flexibility index (Phi) is 6.03. The first-order chi connectivity index (χ1) is 17.6. The highest BCUT2D eigenvalue weighted by Crippen LogP contribution is 2.34. The average molecular weight is 504 g/mol. The van der Waals surface area contributed by atoms with Crippen molar-refractivity contribution in [3.05, 3.63) is 87.9 Å². The maximum Gasteiger partial charge on any atom is 0.263 e. The number of carbonyl (C=O) groups excluding carboxylic acids is 2. The minimum absolute atomic E-state index is 0.161. The third-order valence-corrected chi connectivity index (χ3v) is 7.36. The van der Waals surface area contributed by atoms with Gasteiger partial charge in [0, 0.05) is 37.7 Å². The molecule has 0 bridgehead atoms. The summed E-state index contributed by atoms with van der Waals surface area (Å²) in [5.41, 5.74) is 3.72. The fraction of sp³-hybridized carbons (Fsp3) is 0.286. The molecule has 1 fully saturated rings. The molecule has 7 nitrogen and oxygen atoms in total. The summed E-state index contributed by atoms with van der Waals surface area (Å²) in [6.07, 6.45) is 0. The molecule has 3 aliphatic heterocycles. The maximum atomic E-state index is 13.4. The Morgan fingerprint density at radius 3 is 2.36 bits per heavy atom. The lowest BCUT2D eigenvalue weighted by molar-refractivity contribution is 0.0642. The van der Waals surface area contributed by atoms with Crippen LogP contribution >= 0.6 is 11.6 Å². The highest BCUT2D eigenvalue weighted by molar-refractivity contribution is 6.31. The van der Waals surface area contributed by atoms with Crippen molar-refractivity contribution in [1.29, 1.82) is 0 Å². The maximum absolute atomic E-state index is 13.4. The van der Waals surface area contributed by atoms with Gasteiger partial charge in [0.15, 0.2) is 11.5 Å². The summed E-state index contributed by atoms with van der Waals surface area (Å²) in [5, 5.41) is 0.545. The van der Waals surface area contributed by atoms with Gasteiger partial charge in [-0.1, -0.05) is 41.9 Å². The molecule has 0 atom stereocenters. The topological polar surface area (TPSA) is 62.3 Å². The highest BCUT2D eigenvalue weighted by Gasteiger charge is 2.39. The summed E-state index contributed by atoms with van der Waals surface area (Å²) in [6.45, 7) is 5.39. The van der Waals surface area contributed by atoms with Crippen LogP contribution in [-0.4, -0.2) is 61.0 Å². The Labute approximate surface area is 214 Å². The van der Waals surface area contributed by atoms with Crippen LogP contribution in [0.15, 0.2) is 60.7 Å². The summed E-state index contributed by atoms with van der Waals surface area (Å²) < 4.78 is 11.3. The van der Waals surface area contributed by atoms with E-state index in [0.717, 1.165) is 55.5 Å². The molecule has 0 N–H and O–H groups in total. The van der Waals surface area contributed by atoms with E-state index in [0.29, 0.717) is 29.4 Å². The number of benzene rings is 3. The van der Waals surface area contributed by atoms with Crippen molar-refractivity contribution in [1.82, 2.24) is 9.80 Å². The van der Waals surface area contributed by atoms with Gasteiger partial charge in [-0.25, -0.2) is 0 Å². The molecule has 0 aromatic heterocycles. The number of imide groups is 1. The third-order valence-electron chi connectivity index (χ3n) is 6.99. The van der Waals surface area contributed by atoms with Gasteiger partial charge in [-0.05, 0) is 41.5 Å². The first-order valence-corrected chi connectivity index (χ1v) is 12.5. The first kappa shape index (κ1) is 22.9. The second-order valence-corrected chi connectivity index (χ2v) is 9.64. The van der Waals surface area contributed by atoms with E-state index in [1.54, 1.807) is 12.1 Å². The van der Waals surface area contributed by atoms with E-state index in [1.807, 2.05) is 36.4 Å². The van der Waals surface area contributed by atoms with Crippen molar-refractivity contribution in [2.45, 2.75) is 13.1 Å². The zero-order valence-corrected chi connectivity index (χ0v) is 20.5. The molecule has 3 aromatic rings. The molecular formula is C28H26ClN3O4. The number of ether oxygens (including phenoxy) is 2. The van der Waals surface area contributed by atoms with Crippen LogP contribution in [-0.2, 0) is 13.1 Å². The van der Waals surface area contributed by atoms with E-state index in [9.17, 15) is 9.59 Å². The summed E-state index contributed by atoms with van der Waals surface area (Å²) in [5.74, 6) is 1.08. The molecule has 3 aliphatic rings. The lowest BCUT2D eigenvalue weighted by Gasteiger charge is -2.36. The van der Waals surface area contributed by atoms with Crippen LogP contribution in [0.5, 0.6) is 11.5 Å². The average Bonchev–Trinajstić information content (AvgIpc) is 3.15. The van der Waals surface area contributed by atoms with Crippen LogP contribution < -0.4 is 14.4 Å². The third kappa shape index (κ3) is 4.18. The molecule has 0 aliphatic carbocycles. The normalized spacial score (nSPS) is 17.5. The Bertz CT molecular complexity index is 1340. The molecule has 2 amide bonds. The minimum Gasteiger partial charge on any atom is -0.486 e. The molecule has 3 aromatic carbocycles. The van der Waals surface area contributed by atoms with Gasteiger partial charge < -0.3 is 14.4 Å². The highest BCUT2D eigenvalue weighted by atomic mass is 35.5. The van der Waals surface area contributed by atoms with E-state index in [-0.39, 0.29) is 18.4 Å². The Balaban J connectivity index is 1.15. The van der Waals surface area contributed by atoms with Crippen LogP contribution in [0.1, 0.15) is 31.8 Å². The van der Waals surface area contributed by atoms with Crippen LogP contribution in [0.25, 0.3) is 0 Å². The predicted octanol–water partition coefficient (Wildman–Crippen LogP) is 4.23. The monoisotopic (exact) mass is 503 g/mol. The second-order valence-electron chi connectivity index (χ2n) is 9.23. The van der Waals surface area contributed by atoms with Gasteiger partial charge in [0.05, 0.1) is 23.4 Å². The molecule has 6 rings (SSSR count). The van der Waals surface area contributed by atoms with Gasteiger partial charge in [-0.3, -0.25) is 19.4 Å². The molecule has 0 radical (unpaired) electrons. The Hall–Kier alpha value is -3.55. The number of fused-ring (bicyclic) bond motifs is 2. The molecule has 8 heteroatoms. The number of hydrogen-bond acceptors (Lipinski definition) is 6.